The largest absolute Gasteiger partial charge is 0.339 e. The van der Waals surface area contributed by atoms with Gasteiger partial charge in [-0.2, -0.15) is 0 Å². The molecule has 0 bridgehead atoms. The van der Waals surface area contributed by atoms with E-state index in [1.165, 1.54) is 12.4 Å². The first kappa shape index (κ1) is 15.7. The Bertz CT molecular complexity index is 510. The van der Waals surface area contributed by atoms with Crippen molar-refractivity contribution in [3.63, 3.8) is 0 Å². The third-order valence-corrected chi connectivity index (χ3v) is 3.54. The Morgan fingerprint density at radius 1 is 1.14 bits per heavy atom. The van der Waals surface area contributed by atoms with Crippen LogP contribution in [0, 0.1) is 5.92 Å². The van der Waals surface area contributed by atoms with Gasteiger partial charge < -0.3 is 9.80 Å². The van der Waals surface area contributed by atoms with Crippen LogP contribution < -0.4 is 0 Å². The number of rotatable bonds is 3. The van der Waals surface area contributed by atoms with Crippen LogP contribution in [0.3, 0.4) is 0 Å². The number of carbonyl (C=O) groups is 2. The number of halogens is 1. The van der Waals surface area contributed by atoms with Crippen LogP contribution in [-0.4, -0.2) is 57.8 Å². The Balaban J connectivity index is 1.90. The Morgan fingerprint density at radius 2 is 1.76 bits per heavy atom. The van der Waals surface area contributed by atoms with E-state index >= 15 is 0 Å². The second-order valence-electron chi connectivity index (χ2n) is 5.50. The quantitative estimate of drug-likeness (QED) is 0.848. The van der Waals surface area contributed by atoms with E-state index in [1.54, 1.807) is 4.90 Å². The van der Waals surface area contributed by atoms with Crippen LogP contribution in [0.15, 0.2) is 12.4 Å². The molecule has 2 amide bonds. The van der Waals surface area contributed by atoms with E-state index in [1.807, 2.05) is 18.7 Å². The molecule has 0 saturated carbocycles. The fraction of sp³-hybridized carbons (Fsp3) is 0.571. The van der Waals surface area contributed by atoms with Crippen molar-refractivity contribution < 1.29 is 9.59 Å². The van der Waals surface area contributed by atoms with E-state index in [0.29, 0.717) is 38.5 Å². The summed E-state index contributed by atoms with van der Waals surface area (Å²) < 4.78 is 0. The van der Waals surface area contributed by atoms with E-state index in [4.69, 9.17) is 11.6 Å². The van der Waals surface area contributed by atoms with Crippen molar-refractivity contribution in [2.24, 2.45) is 5.92 Å². The molecule has 1 saturated heterocycles. The molecule has 6 nitrogen and oxygen atoms in total. The summed E-state index contributed by atoms with van der Waals surface area (Å²) in [7, 11) is 0. The van der Waals surface area contributed by atoms with Gasteiger partial charge in [0.05, 0.1) is 12.4 Å². The third kappa shape index (κ3) is 4.14. The van der Waals surface area contributed by atoms with Gasteiger partial charge in [0.15, 0.2) is 0 Å². The first-order valence-electron chi connectivity index (χ1n) is 7.02. The second-order valence-corrected chi connectivity index (χ2v) is 5.88. The molecule has 1 aromatic heterocycles. The number of nitrogens with zero attached hydrogens (tertiary/aromatic N) is 4. The van der Waals surface area contributed by atoms with Gasteiger partial charge in [-0.05, 0) is 5.92 Å². The van der Waals surface area contributed by atoms with E-state index in [-0.39, 0.29) is 22.7 Å². The summed E-state index contributed by atoms with van der Waals surface area (Å²) in [5.74, 6) is 0.333. The normalized spacial score (nSPS) is 15.4. The molecule has 1 aliphatic rings. The van der Waals surface area contributed by atoms with Crippen molar-refractivity contribution >= 4 is 23.4 Å². The maximum absolute atomic E-state index is 12.2. The summed E-state index contributed by atoms with van der Waals surface area (Å²) in [6.45, 7) is 6.23. The minimum Gasteiger partial charge on any atom is -0.339 e. The summed E-state index contributed by atoms with van der Waals surface area (Å²) in [6, 6.07) is 0. The fourth-order valence-electron chi connectivity index (χ4n) is 2.22. The molecule has 0 radical (unpaired) electrons. The number of amides is 2. The average molecular weight is 311 g/mol. The molecule has 114 valence electrons. The van der Waals surface area contributed by atoms with Gasteiger partial charge in [-0.1, -0.05) is 25.4 Å². The minimum atomic E-state index is -0.171. The van der Waals surface area contributed by atoms with Gasteiger partial charge in [-0.25, -0.2) is 9.97 Å². The summed E-state index contributed by atoms with van der Waals surface area (Å²) in [6.07, 6.45) is 3.29. The van der Waals surface area contributed by atoms with E-state index in [2.05, 4.69) is 9.97 Å². The van der Waals surface area contributed by atoms with Crippen molar-refractivity contribution in [3.8, 4) is 0 Å². The number of aromatic nitrogens is 2. The number of carbonyl (C=O) groups excluding carboxylic acids is 2. The van der Waals surface area contributed by atoms with Gasteiger partial charge in [0.1, 0.15) is 10.8 Å². The molecule has 0 atom stereocenters. The molecule has 0 aliphatic carbocycles. The van der Waals surface area contributed by atoms with Gasteiger partial charge in [0.25, 0.3) is 5.91 Å². The molecule has 1 fully saturated rings. The average Bonchev–Trinajstić information content (AvgIpc) is 2.47. The minimum absolute atomic E-state index is 0.156. The van der Waals surface area contributed by atoms with Crippen molar-refractivity contribution in [3.05, 3.63) is 23.2 Å². The summed E-state index contributed by atoms with van der Waals surface area (Å²) in [5.41, 5.74) is 0.279. The lowest BCUT2D eigenvalue weighted by Gasteiger charge is -2.34. The van der Waals surface area contributed by atoms with Crippen molar-refractivity contribution in [1.29, 1.82) is 0 Å². The number of piperazine rings is 1. The first-order chi connectivity index (χ1) is 9.97. The highest BCUT2D eigenvalue weighted by molar-refractivity contribution is 6.29. The zero-order chi connectivity index (χ0) is 15.4. The number of hydrogen-bond donors (Lipinski definition) is 0. The zero-order valence-corrected chi connectivity index (χ0v) is 13.0. The zero-order valence-electron chi connectivity index (χ0n) is 12.3. The van der Waals surface area contributed by atoms with Crippen LogP contribution in [0.4, 0.5) is 0 Å². The molecular weight excluding hydrogens is 292 g/mol. The van der Waals surface area contributed by atoms with Crippen LogP contribution in [0.2, 0.25) is 5.15 Å². The monoisotopic (exact) mass is 310 g/mol. The van der Waals surface area contributed by atoms with Crippen LogP contribution in [0.25, 0.3) is 0 Å². The molecule has 0 aromatic carbocycles. The van der Waals surface area contributed by atoms with Gasteiger partial charge in [-0.15, -0.1) is 0 Å². The third-order valence-electron chi connectivity index (χ3n) is 3.34. The molecule has 0 unspecified atom stereocenters. The van der Waals surface area contributed by atoms with Crippen LogP contribution >= 0.6 is 11.6 Å². The molecule has 21 heavy (non-hydrogen) atoms. The van der Waals surface area contributed by atoms with E-state index < -0.39 is 0 Å². The summed E-state index contributed by atoms with van der Waals surface area (Å²) in [5, 5.41) is 0.260. The summed E-state index contributed by atoms with van der Waals surface area (Å²) >= 11 is 5.65. The van der Waals surface area contributed by atoms with Crippen molar-refractivity contribution in [1.82, 2.24) is 19.8 Å². The Kier molecular flexibility index (Phi) is 5.12. The topological polar surface area (TPSA) is 66.4 Å². The maximum atomic E-state index is 12.2. The van der Waals surface area contributed by atoms with Gasteiger partial charge in [-0.3, -0.25) is 9.59 Å². The molecule has 0 spiro atoms. The van der Waals surface area contributed by atoms with E-state index in [9.17, 15) is 9.59 Å². The van der Waals surface area contributed by atoms with Crippen LogP contribution in [0.1, 0.15) is 30.8 Å². The molecule has 1 aromatic rings. The highest BCUT2D eigenvalue weighted by Gasteiger charge is 2.25. The van der Waals surface area contributed by atoms with Gasteiger partial charge >= 0.3 is 0 Å². The maximum Gasteiger partial charge on any atom is 0.274 e. The highest BCUT2D eigenvalue weighted by Crippen LogP contribution is 2.11. The Labute approximate surface area is 129 Å². The predicted molar refractivity (Wildman–Crippen MR) is 79.0 cm³/mol. The lowest BCUT2D eigenvalue weighted by atomic mass is 10.1. The van der Waals surface area contributed by atoms with Gasteiger partial charge in [0, 0.05) is 32.6 Å². The molecule has 2 rings (SSSR count). The molecule has 1 aliphatic heterocycles. The Morgan fingerprint density at radius 3 is 2.29 bits per heavy atom. The fourth-order valence-corrected chi connectivity index (χ4v) is 2.32. The summed E-state index contributed by atoms with van der Waals surface area (Å²) in [4.78, 5) is 35.6. The van der Waals surface area contributed by atoms with Crippen LogP contribution in [-0.2, 0) is 4.79 Å². The lowest BCUT2D eigenvalue weighted by Crippen LogP contribution is -2.50. The molecular formula is C14H19ClN4O2. The van der Waals surface area contributed by atoms with Crippen molar-refractivity contribution in [2.75, 3.05) is 26.2 Å². The first-order valence-corrected chi connectivity index (χ1v) is 7.39. The Hall–Kier alpha value is -1.69. The smallest absolute Gasteiger partial charge is 0.274 e. The SMILES string of the molecule is CC(C)CC(=O)N1CCN(C(=O)c2cnc(Cl)cn2)CC1. The van der Waals surface area contributed by atoms with E-state index in [0.717, 1.165) is 0 Å². The van der Waals surface area contributed by atoms with Crippen LogP contribution in [0.5, 0.6) is 0 Å². The molecule has 0 N–H and O–H groups in total. The highest BCUT2D eigenvalue weighted by atomic mass is 35.5. The predicted octanol–water partition coefficient (Wildman–Crippen LogP) is 1.46. The molecule has 7 heteroatoms. The lowest BCUT2D eigenvalue weighted by molar-refractivity contribution is -0.133. The van der Waals surface area contributed by atoms with Crippen molar-refractivity contribution in [2.45, 2.75) is 20.3 Å². The second kappa shape index (κ2) is 6.85. The standard InChI is InChI=1S/C14H19ClN4O2/c1-10(2)7-13(20)18-3-5-19(6-4-18)14(21)11-8-17-12(15)9-16-11/h8-10H,3-7H2,1-2H3. The van der Waals surface area contributed by atoms with Gasteiger partial charge in [0.2, 0.25) is 5.91 Å². The number of hydrogen-bond acceptors (Lipinski definition) is 4. The molecule has 2 heterocycles.